The van der Waals surface area contributed by atoms with Crippen molar-refractivity contribution in [2.75, 3.05) is 11.9 Å². The number of benzene rings is 1. The average Bonchev–Trinajstić information content (AvgIpc) is 2.73. The summed E-state index contributed by atoms with van der Waals surface area (Å²) in [4.78, 5) is 28.3. The van der Waals surface area contributed by atoms with Crippen LogP contribution < -0.4 is 10.1 Å². The fourth-order valence-corrected chi connectivity index (χ4v) is 3.94. The predicted octanol–water partition coefficient (Wildman–Crippen LogP) is 4.93. The fourth-order valence-electron chi connectivity index (χ4n) is 3.94. The number of amides is 1. The molecule has 0 spiro atoms. The number of hydrogen-bond donors (Lipinski definition) is 1. The molecule has 0 radical (unpaired) electrons. The molecule has 7 heteroatoms. The van der Waals surface area contributed by atoms with Crippen LogP contribution in [0.15, 0.2) is 36.5 Å². The Morgan fingerprint density at radius 2 is 1.93 bits per heavy atom. The molecule has 154 valence electrons. The Morgan fingerprint density at radius 1 is 1.24 bits per heavy atom. The minimum atomic E-state index is -0.682. The Balaban J connectivity index is 1.84. The fraction of sp³-hybridized carbons (Fsp3) is 0.455. The van der Waals surface area contributed by atoms with Crippen molar-refractivity contribution in [3.63, 3.8) is 0 Å². The Hall–Kier alpha value is -2.96. The lowest BCUT2D eigenvalue weighted by molar-refractivity contribution is -0.384. The first kappa shape index (κ1) is 20.8. The van der Waals surface area contributed by atoms with Crippen LogP contribution in [0.3, 0.4) is 0 Å². The Kier molecular flexibility index (Phi) is 6.46. The van der Waals surface area contributed by atoms with Crippen molar-refractivity contribution in [1.82, 2.24) is 4.98 Å². The lowest BCUT2D eigenvalue weighted by Gasteiger charge is -2.36. The van der Waals surface area contributed by atoms with Crippen LogP contribution in [0.5, 0.6) is 5.88 Å². The number of nitrogens with one attached hydrogen (secondary N) is 1. The second-order valence-electron chi connectivity index (χ2n) is 7.60. The molecule has 1 aliphatic carbocycles. The number of nitro groups is 1. The van der Waals surface area contributed by atoms with Gasteiger partial charge in [0.1, 0.15) is 0 Å². The molecule has 1 saturated carbocycles. The molecule has 2 aromatic rings. The van der Waals surface area contributed by atoms with E-state index in [0.29, 0.717) is 18.2 Å². The molecular weight excluding hydrogens is 370 g/mol. The summed E-state index contributed by atoms with van der Waals surface area (Å²) in [5.74, 6) is 0.488. The molecule has 1 aliphatic rings. The maximum absolute atomic E-state index is 13.4. The number of anilines is 1. The van der Waals surface area contributed by atoms with Crippen LogP contribution in [0.2, 0.25) is 0 Å². The molecule has 1 aromatic carbocycles. The first-order chi connectivity index (χ1) is 14.0. The molecule has 0 aliphatic heterocycles. The largest absolute Gasteiger partial charge is 0.477 e. The highest BCUT2D eigenvalue weighted by molar-refractivity contribution is 5.99. The molecule has 7 nitrogen and oxygen atoms in total. The van der Waals surface area contributed by atoms with Crippen molar-refractivity contribution in [3.05, 3.63) is 57.8 Å². The molecule has 0 saturated heterocycles. The second kappa shape index (κ2) is 9.03. The summed E-state index contributed by atoms with van der Waals surface area (Å²) in [7, 11) is 0. The molecule has 0 unspecified atom stereocenters. The normalized spacial score (nSPS) is 15.5. The van der Waals surface area contributed by atoms with Crippen LogP contribution in [0.25, 0.3) is 0 Å². The highest BCUT2D eigenvalue weighted by Crippen LogP contribution is 2.41. The van der Waals surface area contributed by atoms with Crippen molar-refractivity contribution in [2.45, 2.75) is 57.8 Å². The van der Waals surface area contributed by atoms with Crippen LogP contribution in [0, 0.1) is 17.0 Å². The number of nitrogens with zero attached hydrogens (tertiary/aromatic N) is 2. The molecule has 1 heterocycles. The maximum atomic E-state index is 13.4. The van der Waals surface area contributed by atoms with Gasteiger partial charge in [-0.3, -0.25) is 14.9 Å². The number of nitro benzene ring substituents is 1. The lowest BCUT2D eigenvalue weighted by Crippen LogP contribution is -2.42. The SMILES string of the molecule is CCCOc1ncc(NC(=O)C2(c3ccc([N+](=O)[O-])cc3)CCCCC2)cc1C. The third-order valence-electron chi connectivity index (χ3n) is 5.50. The molecule has 1 N–H and O–H groups in total. The summed E-state index contributed by atoms with van der Waals surface area (Å²) in [5, 5.41) is 14.0. The third-order valence-corrected chi connectivity index (χ3v) is 5.50. The molecule has 1 aromatic heterocycles. The van der Waals surface area contributed by atoms with Gasteiger partial charge in [-0.25, -0.2) is 4.98 Å². The summed E-state index contributed by atoms with van der Waals surface area (Å²) < 4.78 is 5.60. The standard InChI is InChI=1S/C22H27N3O4/c1-3-13-29-20-16(2)14-18(15-23-20)24-21(26)22(11-5-4-6-12-22)17-7-9-19(10-8-17)25(27)28/h7-10,14-15H,3-6,11-13H2,1-2H3,(H,24,26). The first-order valence-corrected chi connectivity index (χ1v) is 10.1. The summed E-state index contributed by atoms with van der Waals surface area (Å²) in [6, 6.07) is 8.25. The van der Waals surface area contributed by atoms with Gasteiger partial charge in [0, 0.05) is 17.7 Å². The van der Waals surface area contributed by atoms with E-state index >= 15 is 0 Å². The van der Waals surface area contributed by atoms with Crippen LogP contribution in [0.1, 0.15) is 56.6 Å². The van der Waals surface area contributed by atoms with Gasteiger partial charge in [-0.15, -0.1) is 0 Å². The van der Waals surface area contributed by atoms with Crippen LogP contribution in [0.4, 0.5) is 11.4 Å². The smallest absolute Gasteiger partial charge is 0.269 e. The number of carbonyl (C=O) groups is 1. The molecule has 0 atom stereocenters. The van der Waals surface area contributed by atoms with Gasteiger partial charge in [0.15, 0.2) is 0 Å². The number of ether oxygens (including phenoxy) is 1. The Labute approximate surface area is 170 Å². The predicted molar refractivity (Wildman–Crippen MR) is 111 cm³/mol. The van der Waals surface area contributed by atoms with E-state index in [9.17, 15) is 14.9 Å². The van der Waals surface area contributed by atoms with Crippen LogP contribution >= 0.6 is 0 Å². The van der Waals surface area contributed by atoms with Gasteiger partial charge >= 0.3 is 0 Å². The van der Waals surface area contributed by atoms with Crippen molar-refractivity contribution in [1.29, 1.82) is 0 Å². The molecule has 0 bridgehead atoms. The number of aromatic nitrogens is 1. The number of hydrogen-bond acceptors (Lipinski definition) is 5. The highest BCUT2D eigenvalue weighted by Gasteiger charge is 2.41. The molecule has 3 rings (SSSR count). The zero-order valence-electron chi connectivity index (χ0n) is 16.9. The zero-order valence-corrected chi connectivity index (χ0v) is 16.9. The number of carbonyl (C=O) groups excluding carboxylic acids is 1. The van der Waals surface area contributed by atoms with E-state index in [4.69, 9.17) is 4.74 Å². The summed E-state index contributed by atoms with van der Waals surface area (Å²) in [6.07, 6.45) is 6.95. The zero-order chi connectivity index (χ0) is 20.9. The molecule has 1 amide bonds. The third kappa shape index (κ3) is 4.55. The molecule has 29 heavy (non-hydrogen) atoms. The molecular formula is C22H27N3O4. The van der Waals surface area contributed by atoms with Gasteiger partial charge in [0.05, 0.1) is 28.8 Å². The second-order valence-corrected chi connectivity index (χ2v) is 7.60. The Morgan fingerprint density at radius 3 is 2.52 bits per heavy atom. The van der Waals surface area contributed by atoms with E-state index in [1.165, 1.54) is 12.1 Å². The highest BCUT2D eigenvalue weighted by atomic mass is 16.6. The minimum absolute atomic E-state index is 0.0302. The van der Waals surface area contributed by atoms with Gasteiger partial charge in [-0.05, 0) is 37.8 Å². The van der Waals surface area contributed by atoms with Crippen molar-refractivity contribution < 1.29 is 14.5 Å². The number of non-ortho nitro benzene ring substituents is 1. The van der Waals surface area contributed by atoms with E-state index in [-0.39, 0.29) is 11.6 Å². The number of pyridine rings is 1. The van der Waals surface area contributed by atoms with Gasteiger partial charge in [0.25, 0.3) is 5.69 Å². The summed E-state index contributed by atoms with van der Waals surface area (Å²) in [6.45, 7) is 4.54. The average molecular weight is 397 g/mol. The van der Waals surface area contributed by atoms with E-state index in [0.717, 1.165) is 49.7 Å². The van der Waals surface area contributed by atoms with Gasteiger partial charge in [0.2, 0.25) is 11.8 Å². The monoisotopic (exact) mass is 397 g/mol. The topological polar surface area (TPSA) is 94.4 Å². The van der Waals surface area contributed by atoms with E-state index in [2.05, 4.69) is 10.3 Å². The van der Waals surface area contributed by atoms with Gasteiger partial charge in [-0.1, -0.05) is 38.3 Å². The van der Waals surface area contributed by atoms with Crippen LogP contribution in [-0.2, 0) is 10.2 Å². The minimum Gasteiger partial charge on any atom is -0.477 e. The Bertz CT molecular complexity index is 874. The van der Waals surface area contributed by atoms with E-state index < -0.39 is 10.3 Å². The van der Waals surface area contributed by atoms with Crippen molar-refractivity contribution in [3.8, 4) is 5.88 Å². The quantitative estimate of drug-likeness (QED) is 0.528. The van der Waals surface area contributed by atoms with Gasteiger partial charge in [-0.2, -0.15) is 0 Å². The van der Waals surface area contributed by atoms with Gasteiger partial charge < -0.3 is 10.1 Å². The summed E-state index contributed by atoms with van der Waals surface area (Å²) >= 11 is 0. The molecule has 1 fully saturated rings. The van der Waals surface area contributed by atoms with Crippen molar-refractivity contribution in [2.24, 2.45) is 0 Å². The number of rotatable bonds is 7. The maximum Gasteiger partial charge on any atom is 0.269 e. The number of aryl methyl sites for hydroxylation is 1. The van der Waals surface area contributed by atoms with E-state index in [1.807, 2.05) is 19.9 Å². The van der Waals surface area contributed by atoms with Crippen LogP contribution in [-0.4, -0.2) is 22.4 Å². The van der Waals surface area contributed by atoms with E-state index in [1.54, 1.807) is 18.3 Å². The first-order valence-electron chi connectivity index (χ1n) is 10.1. The van der Waals surface area contributed by atoms with Crippen molar-refractivity contribution >= 4 is 17.3 Å². The summed E-state index contributed by atoms with van der Waals surface area (Å²) in [5.41, 5.74) is 1.67. The lowest BCUT2D eigenvalue weighted by atomic mass is 9.68.